The first-order valence-corrected chi connectivity index (χ1v) is 22.5. The number of hydrogen-bond donors (Lipinski definition) is 0. The molecule has 0 bridgehead atoms. The molecule has 296 valence electrons. The second-order valence-electron chi connectivity index (χ2n) is 16.4. The highest BCUT2D eigenvalue weighted by molar-refractivity contribution is 7.26. The maximum absolute atomic E-state index is 2.42. The molecule has 0 saturated carbocycles. The van der Waals surface area contributed by atoms with E-state index in [0.29, 0.717) is 0 Å². The molecule has 0 amide bonds. The van der Waals surface area contributed by atoms with Gasteiger partial charge in [0.2, 0.25) is 0 Å². The zero-order valence-corrected chi connectivity index (χ0v) is 35.3. The third-order valence-electron chi connectivity index (χ3n) is 13.0. The number of hydrogen-bond acceptors (Lipinski definition) is 2. The molecule has 0 radical (unpaired) electrons. The predicted octanol–water partition coefficient (Wildman–Crippen LogP) is 16.9. The van der Waals surface area contributed by atoms with Crippen LogP contribution in [0.1, 0.15) is 22.3 Å². The highest BCUT2D eigenvalue weighted by Crippen LogP contribution is 2.56. The van der Waals surface area contributed by atoms with E-state index in [1.54, 1.807) is 0 Å². The van der Waals surface area contributed by atoms with Crippen molar-refractivity contribution in [1.82, 2.24) is 0 Å². The molecule has 63 heavy (non-hydrogen) atoms. The smallest absolute Gasteiger partial charge is 0.0713 e. The van der Waals surface area contributed by atoms with Gasteiger partial charge in [0.25, 0.3) is 0 Å². The Bertz CT molecular complexity index is 3390. The summed E-state index contributed by atoms with van der Waals surface area (Å²) in [6.07, 6.45) is 0. The Morgan fingerprint density at radius 2 is 0.778 bits per heavy atom. The molecule has 0 spiro atoms. The van der Waals surface area contributed by atoms with E-state index in [0.717, 1.165) is 17.1 Å². The van der Waals surface area contributed by atoms with Gasteiger partial charge in [-0.1, -0.05) is 206 Å². The average Bonchev–Trinajstić information content (AvgIpc) is 3.89. The molecule has 1 nitrogen and oxygen atoms in total. The Morgan fingerprint density at radius 3 is 1.48 bits per heavy atom. The lowest BCUT2D eigenvalue weighted by atomic mass is 9.68. The van der Waals surface area contributed by atoms with Crippen molar-refractivity contribution in [1.29, 1.82) is 0 Å². The topological polar surface area (TPSA) is 3.24 Å². The fourth-order valence-corrected chi connectivity index (χ4v) is 11.4. The third kappa shape index (κ3) is 6.14. The molecule has 10 aromatic carbocycles. The molecule has 0 aliphatic heterocycles. The van der Waals surface area contributed by atoms with Gasteiger partial charge < -0.3 is 4.90 Å². The number of nitrogens with zero attached hydrogens (tertiary/aromatic N) is 1. The normalized spacial score (nSPS) is 12.6. The van der Waals surface area contributed by atoms with Gasteiger partial charge in [-0.2, -0.15) is 0 Å². The minimum Gasteiger partial charge on any atom is -0.310 e. The average molecular weight is 820 g/mol. The van der Waals surface area contributed by atoms with Crippen LogP contribution in [-0.4, -0.2) is 0 Å². The number of rotatable bonds is 8. The highest BCUT2D eigenvalue weighted by Gasteiger charge is 2.45. The predicted molar refractivity (Wildman–Crippen MR) is 268 cm³/mol. The van der Waals surface area contributed by atoms with E-state index >= 15 is 0 Å². The second-order valence-corrected chi connectivity index (χ2v) is 17.5. The van der Waals surface area contributed by atoms with Crippen LogP contribution in [0, 0.1) is 0 Å². The van der Waals surface area contributed by atoms with E-state index < -0.39 is 5.41 Å². The molecule has 0 unspecified atom stereocenters. The second kappa shape index (κ2) is 15.3. The lowest BCUT2D eigenvalue weighted by Gasteiger charge is -2.34. The molecule has 0 fully saturated rings. The van der Waals surface area contributed by atoms with Gasteiger partial charge in [-0.05, 0) is 109 Å². The number of anilines is 3. The van der Waals surface area contributed by atoms with Gasteiger partial charge in [0, 0.05) is 37.2 Å². The summed E-state index contributed by atoms with van der Waals surface area (Å²) in [5.74, 6) is 0. The number of thiophene rings is 1. The Hall–Kier alpha value is -7.78. The molecule has 1 aliphatic rings. The molecule has 1 heterocycles. The summed E-state index contributed by atoms with van der Waals surface area (Å²) in [6.45, 7) is 0. The first-order chi connectivity index (χ1) is 31.2. The van der Waals surface area contributed by atoms with Crippen molar-refractivity contribution in [3.63, 3.8) is 0 Å². The quantitative estimate of drug-likeness (QED) is 0.148. The summed E-state index contributed by atoms with van der Waals surface area (Å²) >= 11 is 1.88. The molecule has 1 aliphatic carbocycles. The maximum atomic E-state index is 2.42. The molecule has 0 atom stereocenters. The van der Waals surface area contributed by atoms with Crippen LogP contribution in [0.25, 0.3) is 64.7 Å². The Kier molecular flexibility index (Phi) is 8.98. The molecular weight excluding hydrogens is 779 g/mol. The summed E-state index contributed by atoms with van der Waals surface area (Å²) in [7, 11) is 0. The summed E-state index contributed by atoms with van der Waals surface area (Å²) < 4.78 is 2.63. The molecule has 0 saturated heterocycles. The Balaban J connectivity index is 1.02. The summed E-state index contributed by atoms with van der Waals surface area (Å²) in [4.78, 5) is 2.42. The molecule has 1 aromatic heterocycles. The van der Waals surface area contributed by atoms with Crippen molar-refractivity contribution in [2.75, 3.05) is 4.90 Å². The fourth-order valence-electron chi connectivity index (χ4n) is 10.1. The van der Waals surface area contributed by atoms with Crippen molar-refractivity contribution in [2.45, 2.75) is 5.41 Å². The van der Waals surface area contributed by atoms with Crippen LogP contribution >= 0.6 is 11.3 Å². The van der Waals surface area contributed by atoms with Gasteiger partial charge in [0.05, 0.1) is 5.41 Å². The van der Waals surface area contributed by atoms with Crippen molar-refractivity contribution in [3.05, 3.63) is 271 Å². The summed E-state index contributed by atoms with van der Waals surface area (Å²) in [5.41, 5.74) is 17.8. The summed E-state index contributed by atoms with van der Waals surface area (Å²) in [6, 6.07) is 91.4. The lowest BCUT2D eigenvalue weighted by Crippen LogP contribution is -2.28. The van der Waals surface area contributed by atoms with Crippen molar-refractivity contribution in [2.24, 2.45) is 0 Å². The van der Waals surface area contributed by atoms with E-state index in [9.17, 15) is 0 Å². The third-order valence-corrected chi connectivity index (χ3v) is 14.2. The lowest BCUT2D eigenvalue weighted by molar-refractivity contribution is 0.768. The Morgan fingerprint density at radius 1 is 0.302 bits per heavy atom. The van der Waals surface area contributed by atoms with Crippen LogP contribution in [0.3, 0.4) is 0 Å². The maximum Gasteiger partial charge on any atom is 0.0713 e. The van der Waals surface area contributed by atoms with E-state index in [2.05, 4.69) is 254 Å². The number of fused-ring (bicyclic) bond motifs is 6. The standard InChI is InChI=1S/C61H41NS/c1-3-16-42(17-4-1)43-32-34-44(35-33-43)45-18-13-22-50(40-45)62(51-23-14-19-46(41-51)52-27-15-28-56-55-26-9-12-31-59(55)63-60(52)56)49-38-36-48(37-39-49)61(47-20-5-2-6-21-47)57-29-10-7-24-53(57)54-25-8-11-30-58(54)61/h1-41H. The van der Waals surface area contributed by atoms with Gasteiger partial charge in [-0.15, -0.1) is 11.3 Å². The van der Waals surface area contributed by atoms with E-state index in [4.69, 9.17) is 0 Å². The van der Waals surface area contributed by atoms with E-state index in [1.165, 1.54) is 86.9 Å². The van der Waals surface area contributed by atoms with Gasteiger partial charge in [-0.3, -0.25) is 0 Å². The van der Waals surface area contributed by atoms with Crippen LogP contribution in [-0.2, 0) is 5.41 Å². The van der Waals surface area contributed by atoms with Crippen LogP contribution in [0.5, 0.6) is 0 Å². The zero-order chi connectivity index (χ0) is 41.7. The molecular formula is C61H41NS. The molecule has 2 heteroatoms. The largest absolute Gasteiger partial charge is 0.310 e. The SMILES string of the molecule is c1ccc(-c2ccc(-c3cccc(N(c4ccc(C5(c6ccccc6)c6ccccc6-c6ccccc65)cc4)c4cccc(-c5cccc6c5sc5ccccc56)c4)c3)cc2)cc1. The van der Waals surface area contributed by atoms with Crippen LogP contribution in [0.4, 0.5) is 17.1 Å². The van der Waals surface area contributed by atoms with Crippen LogP contribution < -0.4 is 4.90 Å². The minimum atomic E-state index is -0.466. The molecule has 12 rings (SSSR count). The Labute approximate surface area is 372 Å². The minimum absolute atomic E-state index is 0.466. The first-order valence-electron chi connectivity index (χ1n) is 21.7. The van der Waals surface area contributed by atoms with Crippen LogP contribution in [0.2, 0.25) is 0 Å². The van der Waals surface area contributed by atoms with Crippen molar-refractivity contribution < 1.29 is 0 Å². The van der Waals surface area contributed by atoms with E-state index in [1.807, 2.05) is 11.3 Å². The van der Waals surface area contributed by atoms with Crippen molar-refractivity contribution >= 4 is 48.6 Å². The van der Waals surface area contributed by atoms with Crippen LogP contribution in [0.15, 0.2) is 249 Å². The van der Waals surface area contributed by atoms with Gasteiger partial charge in [0.1, 0.15) is 0 Å². The fraction of sp³-hybridized carbons (Fsp3) is 0.0164. The van der Waals surface area contributed by atoms with Gasteiger partial charge in [-0.25, -0.2) is 0 Å². The van der Waals surface area contributed by atoms with Gasteiger partial charge >= 0.3 is 0 Å². The van der Waals surface area contributed by atoms with E-state index in [-0.39, 0.29) is 0 Å². The van der Waals surface area contributed by atoms with Gasteiger partial charge in [0.15, 0.2) is 0 Å². The highest BCUT2D eigenvalue weighted by atomic mass is 32.1. The summed E-state index contributed by atoms with van der Waals surface area (Å²) in [5, 5.41) is 2.62. The zero-order valence-electron chi connectivity index (χ0n) is 34.5. The monoisotopic (exact) mass is 819 g/mol. The number of benzene rings is 10. The molecule has 11 aromatic rings. The first kappa shape index (κ1) is 37.0. The molecule has 0 N–H and O–H groups in total. The van der Waals surface area contributed by atoms with Crippen molar-refractivity contribution in [3.8, 4) is 44.5 Å².